The number of hydrogen-bond donors (Lipinski definition) is 1. The minimum Gasteiger partial charge on any atom is -0.411 e. The number of oxime groups is 1. The zero-order valence-corrected chi connectivity index (χ0v) is 11.7. The number of para-hydroxylation sites is 1. The Kier molecular flexibility index (Phi) is 3.39. The van der Waals surface area contributed by atoms with Crippen LogP contribution in [0.3, 0.4) is 0 Å². The van der Waals surface area contributed by atoms with Crippen molar-refractivity contribution in [3.8, 4) is 0 Å². The molecule has 0 fully saturated rings. The molecule has 0 atom stereocenters. The lowest BCUT2D eigenvalue weighted by Crippen LogP contribution is -2.38. The van der Waals surface area contributed by atoms with Crippen molar-refractivity contribution >= 4 is 17.3 Å². The quantitative estimate of drug-likeness (QED) is 0.645. The van der Waals surface area contributed by atoms with Crippen LogP contribution in [0, 0.1) is 6.92 Å². The highest BCUT2D eigenvalue weighted by Crippen LogP contribution is 2.28. The van der Waals surface area contributed by atoms with Crippen LogP contribution in [0.5, 0.6) is 0 Å². The number of rotatable bonds is 1. The van der Waals surface area contributed by atoms with Crippen LogP contribution in [0.2, 0.25) is 0 Å². The van der Waals surface area contributed by atoms with E-state index in [1.807, 2.05) is 31.2 Å². The van der Waals surface area contributed by atoms with Crippen molar-refractivity contribution in [2.75, 3.05) is 11.4 Å². The number of carbonyl (C=O) groups is 1. The van der Waals surface area contributed by atoms with E-state index in [9.17, 15) is 4.79 Å². The van der Waals surface area contributed by atoms with Gasteiger partial charge in [-0.1, -0.05) is 23.4 Å². The lowest BCUT2D eigenvalue weighted by Gasteiger charge is -2.30. The topological polar surface area (TPSA) is 65.8 Å². The van der Waals surface area contributed by atoms with E-state index in [0.717, 1.165) is 11.3 Å². The molecule has 106 valence electrons. The van der Waals surface area contributed by atoms with E-state index in [2.05, 4.69) is 10.1 Å². The third kappa shape index (κ3) is 2.27. The summed E-state index contributed by atoms with van der Waals surface area (Å²) in [5.74, 6) is -0.0787. The summed E-state index contributed by atoms with van der Waals surface area (Å²) >= 11 is 0. The van der Waals surface area contributed by atoms with E-state index < -0.39 is 0 Å². The lowest BCUT2D eigenvalue weighted by molar-refractivity contribution is 0.0986. The van der Waals surface area contributed by atoms with Gasteiger partial charge in [0.2, 0.25) is 0 Å². The zero-order valence-electron chi connectivity index (χ0n) is 11.7. The first kappa shape index (κ1) is 13.3. The average molecular weight is 281 g/mol. The molecule has 1 amide bonds. The summed E-state index contributed by atoms with van der Waals surface area (Å²) in [6, 6.07) is 11.0. The number of aryl methyl sites for hydroxylation is 1. The number of amides is 1. The Balaban J connectivity index is 2.05. The number of carbonyl (C=O) groups excluding carboxylic acids is 1. The molecule has 0 saturated heterocycles. The Morgan fingerprint density at radius 2 is 2.10 bits per heavy atom. The van der Waals surface area contributed by atoms with Crippen molar-refractivity contribution in [1.82, 2.24) is 4.98 Å². The molecule has 1 aliphatic rings. The number of anilines is 1. The van der Waals surface area contributed by atoms with Gasteiger partial charge < -0.3 is 10.1 Å². The Morgan fingerprint density at radius 1 is 1.29 bits per heavy atom. The molecule has 0 unspecified atom stereocenters. The standard InChI is InChI=1S/C16H15N3O2/c1-11-12(6-4-9-17-11)16(20)19-10-8-14(18-21)13-5-2-3-7-15(13)19/h2-7,9,21H,8,10H2,1H3/b18-14-. The maximum atomic E-state index is 12.8. The summed E-state index contributed by atoms with van der Waals surface area (Å²) in [5.41, 5.74) is 3.47. The van der Waals surface area contributed by atoms with Gasteiger partial charge in [0.25, 0.3) is 5.91 Å². The van der Waals surface area contributed by atoms with Crippen LogP contribution in [0.4, 0.5) is 5.69 Å². The maximum Gasteiger partial charge on any atom is 0.260 e. The van der Waals surface area contributed by atoms with Gasteiger partial charge in [0.1, 0.15) is 0 Å². The molecule has 3 rings (SSSR count). The maximum absolute atomic E-state index is 12.8. The molecular formula is C16H15N3O2. The van der Waals surface area contributed by atoms with Crippen LogP contribution in [0.15, 0.2) is 47.8 Å². The third-order valence-corrected chi connectivity index (χ3v) is 3.68. The van der Waals surface area contributed by atoms with Gasteiger partial charge in [-0.15, -0.1) is 0 Å². The van der Waals surface area contributed by atoms with E-state index in [0.29, 0.717) is 29.9 Å². The first-order chi connectivity index (χ1) is 10.2. The van der Waals surface area contributed by atoms with Crippen LogP contribution in [-0.2, 0) is 0 Å². The Hall–Kier alpha value is -2.69. The monoisotopic (exact) mass is 281 g/mol. The third-order valence-electron chi connectivity index (χ3n) is 3.68. The molecule has 5 nitrogen and oxygen atoms in total. The Labute approximate surface area is 122 Å². The molecule has 1 aromatic heterocycles. The molecule has 0 spiro atoms. The van der Waals surface area contributed by atoms with Crippen molar-refractivity contribution < 1.29 is 10.0 Å². The minimum absolute atomic E-state index is 0.0787. The molecule has 1 aromatic carbocycles. The fourth-order valence-corrected chi connectivity index (χ4v) is 2.60. The van der Waals surface area contributed by atoms with Crippen LogP contribution in [0.25, 0.3) is 0 Å². The van der Waals surface area contributed by atoms with E-state index in [1.54, 1.807) is 23.2 Å². The molecule has 5 heteroatoms. The molecule has 1 aliphatic heterocycles. The number of fused-ring (bicyclic) bond motifs is 1. The van der Waals surface area contributed by atoms with Crippen molar-refractivity contribution in [2.24, 2.45) is 5.16 Å². The molecular weight excluding hydrogens is 266 g/mol. The van der Waals surface area contributed by atoms with Crippen LogP contribution < -0.4 is 4.90 Å². The van der Waals surface area contributed by atoms with Crippen molar-refractivity contribution in [2.45, 2.75) is 13.3 Å². The van der Waals surface area contributed by atoms with Crippen molar-refractivity contribution in [3.05, 3.63) is 59.4 Å². The molecule has 2 aromatic rings. The van der Waals surface area contributed by atoms with Gasteiger partial charge >= 0.3 is 0 Å². The number of aromatic nitrogens is 1. The number of nitrogens with zero attached hydrogens (tertiary/aromatic N) is 3. The van der Waals surface area contributed by atoms with E-state index in [1.165, 1.54) is 0 Å². The second-order valence-corrected chi connectivity index (χ2v) is 4.91. The average Bonchev–Trinajstić information content (AvgIpc) is 2.53. The van der Waals surface area contributed by atoms with E-state index in [-0.39, 0.29) is 5.91 Å². The predicted molar refractivity (Wildman–Crippen MR) is 80.0 cm³/mol. The summed E-state index contributed by atoms with van der Waals surface area (Å²) in [6.45, 7) is 2.31. The van der Waals surface area contributed by atoms with Gasteiger partial charge in [0, 0.05) is 30.4 Å². The van der Waals surface area contributed by atoms with Crippen molar-refractivity contribution in [3.63, 3.8) is 0 Å². The molecule has 1 N–H and O–H groups in total. The van der Waals surface area contributed by atoms with Crippen LogP contribution in [-0.4, -0.2) is 28.4 Å². The summed E-state index contributed by atoms with van der Waals surface area (Å²) in [5, 5.41) is 12.4. The fraction of sp³-hybridized carbons (Fsp3) is 0.188. The summed E-state index contributed by atoms with van der Waals surface area (Å²) < 4.78 is 0. The van der Waals surface area contributed by atoms with Crippen LogP contribution in [0.1, 0.15) is 28.0 Å². The smallest absolute Gasteiger partial charge is 0.260 e. The molecule has 0 radical (unpaired) electrons. The van der Waals surface area contributed by atoms with Crippen molar-refractivity contribution in [1.29, 1.82) is 0 Å². The molecule has 0 saturated carbocycles. The summed E-state index contributed by atoms with van der Waals surface area (Å²) in [4.78, 5) is 18.6. The summed E-state index contributed by atoms with van der Waals surface area (Å²) in [6.07, 6.45) is 2.20. The highest BCUT2D eigenvalue weighted by Gasteiger charge is 2.27. The first-order valence-electron chi connectivity index (χ1n) is 6.76. The first-order valence-corrected chi connectivity index (χ1v) is 6.76. The molecule has 0 bridgehead atoms. The van der Waals surface area contributed by atoms with Gasteiger partial charge in [-0.3, -0.25) is 9.78 Å². The number of hydrogen-bond acceptors (Lipinski definition) is 4. The normalized spacial score (nSPS) is 15.9. The molecule has 21 heavy (non-hydrogen) atoms. The van der Waals surface area contributed by atoms with Gasteiger partial charge in [0.15, 0.2) is 0 Å². The lowest BCUT2D eigenvalue weighted by atomic mass is 9.98. The second kappa shape index (κ2) is 5.36. The van der Waals surface area contributed by atoms with E-state index >= 15 is 0 Å². The predicted octanol–water partition coefficient (Wildman–Crippen LogP) is 2.62. The molecule has 0 aliphatic carbocycles. The van der Waals surface area contributed by atoms with E-state index in [4.69, 9.17) is 5.21 Å². The van der Waals surface area contributed by atoms with Gasteiger partial charge in [-0.25, -0.2) is 0 Å². The molecule has 2 heterocycles. The summed E-state index contributed by atoms with van der Waals surface area (Å²) in [7, 11) is 0. The number of pyridine rings is 1. The second-order valence-electron chi connectivity index (χ2n) is 4.91. The van der Waals surface area contributed by atoms with Crippen LogP contribution >= 0.6 is 0 Å². The zero-order chi connectivity index (χ0) is 14.8. The number of benzene rings is 1. The van der Waals surface area contributed by atoms with Gasteiger partial charge in [0.05, 0.1) is 17.0 Å². The minimum atomic E-state index is -0.0787. The fourth-order valence-electron chi connectivity index (χ4n) is 2.60. The largest absolute Gasteiger partial charge is 0.411 e. The Bertz CT molecular complexity index is 725. The SMILES string of the molecule is Cc1ncccc1C(=O)N1CC/C(=N/O)c2ccccc21. The van der Waals surface area contributed by atoms with Gasteiger partial charge in [-0.2, -0.15) is 0 Å². The highest BCUT2D eigenvalue weighted by molar-refractivity contribution is 6.14. The van der Waals surface area contributed by atoms with Gasteiger partial charge in [-0.05, 0) is 25.1 Å². The Morgan fingerprint density at radius 3 is 2.86 bits per heavy atom. The highest BCUT2D eigenvalue weighted by atomic mass is 16.4.